The molecule has 0 radical (unpaired) electrons. The van der Waals surface area contributed by atoms with E-state index in [4.69, 9.17) is 10.5 Å². The molecule has 70 valence electrons. The van der Waals surface area contributed by atoms with Gasteiger partial charge in [0.05, 0.1) is 18.6 Å². The summed E-state index contributed by atoms with van der Waals surface area (Å²) in [7, 11) is 1.65. The number of rotatable bonds is 2. The van der Waals surface area contributed by atoms with E-state index in [0.29, 0.717) is 5.84 Å². The SMILES string of the molecule is COc1ccc(N=C(C)N)cc1C. The van der Waals surface area contributed by atoms with Gasteiger partial charge in [-0.3, -0.25) is 0 Å². The first-order chi connectivity index (χ1) is 6.13. The number of benzene rings is 1. The number of hydrogen-bond acceptors (Lipinski definition) is 2. The van der Waals surface area contributed by atoms with Crippen molar-refractivity contribution in [3.05, 3.63) is 23.8 Å². The molecule has 0 spiro atoms. The molecule has 3 nitrogen and oxygen atoms in total. The van der Waals surface area contributed by atoms with Crippen molar-refractivity contribution in [2.75, 3.05) is 7.11 Å². The number of aryl methyl sites for hydroxylation is 1. The summed E-state index contributed by atoms with van der Waals surface area (Å²) in [6.07, 6.45) is 0. The van der Waals surface area contributed by atoms with Crippen LogP contribution < -0.4 is 10.5 Å². The van der Waals surface area contributed by atoms with Gasteiger partial charge in [0.15, 0.2) is 0 Å². The van der Waals surface area contributed by atoms with Crippen molar-refractivity contribution in [3.63, 3.8) is 0 Å². The Morgan fingerprint density at radius 2 is 2.15 bits per heavy atom. The molecule has 0 heterocycles. The van der Waals surface area contributed by atoms with Gasteiger partial charge in [0.2, 0.25) is 0 Å². The normalized spacial score (nSPS) is 11.5. The van der Waals surface area contributed by atoms with Gasteiger partial charge in [0.1, 0.15) is 5.75 Å². The lowest BCUT2D eigenvalue weighted by Crippen LogP contribution is -2.03. The van der Waals surface area contributed by atoms with Crippen LogP contribution in [0, 0.1) is 6.92 Å². The van der Waals surface area contributed by atoms with Crippen LogP contribution >= 0.6 is 0 Å². The number of nitrogens with two attached hydrogens (primary N) is 1. The molecule has 3 heteroatoms. The minimum absolute atomic E-state index is 0.560. The maximum absolute atomic E-state index is 5.46. The molecule has 0 unspecified atom stereocenters. The number of hydrogen-bond donors (Lipinski definition) is 1. The Bertz CT molecular complexity index is 328. The highest BCUT2D eigenvalue weighted by atomic mass is 16.5. The number of methoxy groups -OCH3 is 1. The lowest BCUT2D eigenvalue weighted by Gasteiger charge is -2.04. The van der Waals surface area contributed by atoms with E-state index in [-0.39, 0.29) is 0 Å². The maximum atomic E-state index is 5.46. The highest BCUT2D eigenvalue weighted by Crippen LogP contribution is 2.22. The zero-order valence-electron chi connectivity index (χ0n) is 8.16. The molecule has 2 N–H and O–H groups in total. The third-order valence-electron chi connectivity index (χ3n) is 1.68. The Morgan fingerprint density at radius 1 is 1.46 bits per heavy atom. The van der Waals surface area contributed by atoms with E-state index < -0.39 is 0 Å². The molecule has 0 aliphatic heterocycles. The second kappa shape index (κ2) is 3.94. The van der Waals surface area contributed by atoms with Crippen LogP contribution in [0.5, 0.6) is 5.75 Å². The molecule has 0 bridgehead atoms. The van der Waals surface area contributed by atoms with Crippen molar-refractivity contribution >= 4 is 11.5 Å². The highest BCUT2D eigenvalue weighted by molar-refractivity contribution is 5.80. The third-order valence-corrected chi connectivity index (χ3v) is 1.68. The standard InChI is InChI=1S/C10H14N2O/c1-7-6-9(12-8(2)11)4-5-10(7)13-3/h4-6H,1-3H3,(H2,11,12). The van der Waals surface area contributed by atoms with Gasteiger partial charge in [-0.1, -0.05) is 0 Å². The molecular formula is C10H14N2O. The van der Waals surface area contributed by atoms with Gasteiger partial charge in [0.25, 0.3) is 0 Å². The van der Waals surface area contributed by atoms with Crippen LogP contribution in [0.15, 0.2) is 23.2 Å². The van der Waals surface area contributed by atoms with Crippen molar-refractivity contribution in [3.8, 4) is 5.75 Å². The molecule has 0 aromatic heterocycles. The van der Waals surface area contributed by atoms with E-state index in [0.717, 1.165) is 17.0 Å². The smallest absolute Gasteiger partial charge is 0.121 e. The van der Waals surface area contributed by atoms with E-state index >= 15 is 0 Å². The Labute approximate surface area is 78.2 Å². The summed E-state index contributed by atoms with van der Waals surface area (Å²) in [5, 5.41) is 0. The highest BCUT2D eigenvalue weighted by Gasteiger charge is 1.98. The topological polar surface area (TPSA) is 47.6 Å². The minimum atomic E-state index is 0.560. The van der Waals surface area contributed by atoms with E-state index in [9.17, 15) is 0 Å². The van der Waals surface area contributed by atoms with Crippen LogP contribution in [0.1, 0.15) is 12.5 Å². The number of aliphatic imine (C=N–C) groups is 1. The summed E-state index contributed by atoms with van der Waals surface area (Å²) in [4.78, 5) is 4.13. The van der Waals surface area contributed by atoms with Gasteiger partial charge in [-0.15, -0.1) is 0 Å². The average molecular weight is 178 g/mol. The lowest BCUT2D eigenvalue weighted by molar-refractivity contribution is 0.412. The predicted octanol–water partition coefficient (Wildman–Crippen LogP) is 2.01. The van der Waals surface area contributed by atoms with Gasteiger partial charge >= 0.3 is 0 Å². The van der Waals surface area contributed by atoms with E-state index in [1.165, 1.54) is 0 Å². The molecule has 13 heavy (non-hydrogen) atoms. The fraction of sp³-hybridized carbons (Fsp3) is 0.300. The number of nitrogens with zero attached hydrogens (tertiary/aromatic N) is 1. The van der Waals surface area contributed by atoms with Gasteiger partial charge in [-0.2, -0.15) is 0 Å². The van der Waals surface area contributed by atoms with Gasteiger partial charge in [-0.05, 0) is 37.6 Å². The molecule has 0 saturated heterocycles. The van der Waals surface area contributed by atoms with E-state index in [1.807, 2.05) is 25.1 Å². The molecule has 0 amide bonds. The maximum Gasteiger partial charge on any atom is 0.121 e. The van der Waals surface area contributed by atoms with Crippen molar-refractivity contribution in [1.82, 2.24) is 0 Å². The largest absolute Gasteiger partial charge is 0.496 e. The summed E-state index contributed by atoms with van der Waals surface area (Å²) in [5.41, 5.74) is 7.38. The first kappa shape index (κ1) is 9.58. The quantitative estimate of drug-likeness (QED) is 0.556. The zero-order valence-corrected chi connectivity index (χ0v) is 8.16. The van der Waals surface area contributed by atoms with Crippen molar-refractivity contribution in [2.24, 2.45) is 10.7 Å². The summed E-state index contributed by atoms with van der Waals surface area (Å²) in [6, 6.07) is 5.70. The van der Waals surface area contributed by atoms with Gasteiger partial charge in [0, 0.05) is 0 Å². The third kappa shape index (κ3) is 2.47. The van der Waals surface area contributed by atoms with Gasteiger partial charge < -0.3 is 10.5 Å². The monoisotopic (exact) mass is 178 g/mol. The summed E-state index contributed by atoms with van der Waals surface area (Å²) < 4.78 is 5.13. The molecule has 0 saturated carbocycles. The molecule has 0 aliphatic rings. The van der Waals surface area contributed by atoms with E-state index in [2.05, 4.69) is 4.99 Å². The molecular weight excluding hydrogens is 164 g/mol. The van der Waals surface area contributed by atoms with Gasteiger partial charge in [-0.25, -0.2) is 4.99 Å². The average Bonchev–Trinajstić information content (AvgIpc) is 2.03. The summed E-state index contributed by atoms with van der Waals surface area (Å²) >= 11 is 0. The number of ether oxygens (including phenoxy) is 1. The fourth-order valence-electron chi connectivity index (χ4n) is 1.14. The second-order valence-electron chi connectivity index (χ2n) is 2.91. The summed E-state index contributed by atoms with van der Waals surface area (Å²) in [5.74, 6) is 1.43. The lowest BCUT2D eigenvalue weighted by atomic mass is 10.2. The molecule has 1 rings (SSSR count). The van der Waals surface area contributed by atoms with Crippen LogP contribution in [-0.2, 0) is 0 Å². The fourth-order valence-corrected chi connectivity index (χ4v) is 1.14. The van der Waals surface area contributed by atoms with E-state index in [1.54, 1.807) is 14.0 Å². The molecule has 0 fully saturated rings. The molecule has 0 aliphatic carbocycles. The molecule has 1 aromatic rings. The Balaban J connectivity index is 3.03. The Morgan fingerprint density at radius 3 is 2.62 bits per heavy atom. The second-order valence-corrected chi connectivity index (χ2v) is 2.91. The predicted molar refractivity (Wildman–Crippen MR) is 54.7 cm³/mol. The zero-order chi connectivity index (χ0) is 9.84. The van der Waals surface area contributed by atoms with Crippen molar-refractivity contribution < 1.29 is 4.74 Å². The van der Waals surface area contributed by atoms with Crippen LogP contribution in [0.2, 0.25) is 0 Å². The van der Waals surface area contributed by atoms with Crippen LogP contribution in [0.3, 0.4) is 0 Å². The molecule has 0 atom stereocenters. The first-order valence-corrected chi connectivity index (χ1v) is 4.09. The first-order valence-electron chi connectivity index (χ1n) is 4.09. The van der Waals surface area contributed by atoms with Crippen molar-refractivity contribution in [2.45, 2.75) is 13.8 Å². The van der Waals surface area contributed by atoms with Crippen LogP contribution in [0.25, 0.3) is 0 Å². The minimum Gasteiger partial charge on any atom is -0.496 e. The van der Waals surface area contributed by atoms with Crippen LogP contribution in [0.4, 0.5) is 5.69 Å². The number of amidine groups is 1. The Kier molecular flexibility index (Phi) is 2.90. The molecule has 1 aromatic carbocycles. The van der Waals surface area contributed by atoms with Crippen molar-refractivity contribution in [1.29, 1.82) is 0 Å². The Hall–Kier alpha value is -1.51. The summed E-state index contributed by atoms with van der Waals surface area (Å²) in [6.45, 7) is 3.74. The van der Waals surface area contributed by atoms with Crippen LogP contribution in [-0.4, -0.2) is 12.9 Å².